The van der Waals surface area contributed by atoms with Gasteiger partial charge >= 0.3 is 12.1 Å². The molecule has 0 fully saturated rings. The molecule has 1 aliphatic heterocycles. The van der Waals surface area contributed by atoms with E-state index in [-0.39, 0.29) is 0 Å². The summed E-state index contributed by atoms with van der Waals surface area (Å²) >= 11 is 1.53. The second-order valence-electron chi connectivity index (χ2n) is 3.88. The van der Waals surface area contributed by atoms with Gasteiger partial charge < -0.3 is 10.5 Å². The van der Waals surface area contributed by atoms with Crippen LogP contribution >= 0.6 is 11.3 Å². The molecule has 1 amide bonds. The fourth-order valence-corrected chi connectivity index (χ4v) is 3.08. The van der Waals surface area contributed by atoms with Gasteiger partial charge in [-0.3, -0.25) is 4.90 Å². The van der Waals surface area contributed by atoms with Gasteiger partial charge in [-0.05, 0) is 18.5 Å². The van der Waals surface area contributed by atoms with E-state index >= 15 is 0 Å². The van der Waals surface area contributed by atoms with Crippen molar-refractivity contribution in [1.82, 2.24) is 4.90 Å². The van der Waals surface area contributed by atoms with Crippen LogP contribution in [0.5, 0.6) is 0 Å². The highest BCUT2D eigenvalue weighted by Gasteiger charge is 2.24. The number of thiophene rings is 1. The number of likely N-dealkylation sites (N-methyl/N-ethyl adjacent to an activating group) is 1. The molecule has 2 rings (SSSR count). The Morgan fingerprint density at radius 2 is 2.35 bits per heavy atom. The lowest BCUT2D eigenvalue weighted by atomic mass is 10.0. The van der Waals surface area contributed by atoms with Crippen molar-refractivity contribution in [2.24, 2.45) is 5.73 Å². The molecule has 2 N–H and O–H groups in total. The zero-order valence-electron chi connectivity index (χ0n) is 9.56. The molecule has 1 aliphatic rings. The fourth-order valence-electron chi connectivity index (χ4n) is 1.97. The Morgan fingerprint density at radius 3 is 3.00 bits per heavy atom. The van der Waals surface area contributed by atoms with Crippen LogP contribution in [-0.4, -0.2) is 30.1 Å². The van der Waals surface area contributed by atoms with Gasteiger partial charge in [-0.25, -0.2) is 9.59 Å². The molecule has 92 valence electrons. The molecule has 0 unspecified atom stereocenters. The van der Waals surface area contributed by atoms with Crippen molar-refractivity contribution in [3.63, 3.8) is 0 Å². The molecular weight excluding hydrogens is 240 g/mol. The molecule has 0 saturated carbocycles. The molecule has 2 heterocycles. The first-order chi connectivity index (χ1) is 8.11. The Kier molecular flexibility index (Phi) is 3.44. The highest BCUT2D eigenvalue weighted by Crippen LogP contribution is 2.28. The lowest BCUT2D eigenvalue weighted by Crippen LogP contribution is -2.30. The van der Waals surface area contributed by atoms with Gasteiger partial charge in [0.05, 0.1) is 5.56 Å². The maximum Gasteiger partial charge on any atom is 0.412 e. The Hall–Kier alpha value is -1.40. The van der Waals surface area contributed by atoms with E-state index in [1.54, 1.807) is 5.38 Å². The smallest absolute Gasteiger partial charge is 0.373 e. The number of ether oxygens (including phenoxy) is 1. The van der Waals surface area contributed by atoms with E-state index in [4.69, 9.17) is 5.73 Å². The minimum Gasteiger partial charge on any atom is -0.373 e. The van der Waals surface area contributed by atoms with Gasteiger partial charge in [0.25, 0.3) is 0 Å². The summed E-state index contributed by atoms with van der Waals surface area (Å²) in [5, 5.41) is 1.75. The third-order valence-corrected chi connectivity index (χ3v) is 3.90. The zero-order chi connectivity index (χ0) is 12.4. The molecule has 0 aliphatic carbocycles. The van der Waals surface area contributed by atoms with Crippen LogP contribution in [0.1, 0.15) is 27.7 Å². The predicted molar refractivity (Wildman–Crippen MR) is 64.0 cm³/mol. The maximum absolute atomic E-state index is 11.6. The van der Waals surface area contributed by atoms with Crippen molar-refractivity contribution < 1.29 is 14.3 Å². The standard InChI is InChI=1S/C11H14N2O3S/c1-2-13-4-3-7-8(6-17-9(7)5-13)10(14)16-11(12)15/h6H,2-5H2,1H3,(H2,12,15). The minimum atomic E-state index is -1.05. The number of hydrogen-bond acceptors (Lipinski definition) is 5. The molecule has 0 aromatic carbocycles. The van der Waals surface area contributed by atoms with Crippen molar-refractivity contribution in [3.05, 3.63) is 21.4 Å². The summed E-state index contributed by atoms with van der Waals surface area (Å²) < 4.78 is 4.41. The number of rotatable bonds is 2. The van der Waals surface area contributed by atoms with Crippen molar-refractivity contribution in [2.75, 3.05) is 13.1 Å². The molecule has 0 atom stereocenters. The minimum absolute atomic E-state index is 0.486. The second-order valence-corrected chi connectivity index (χ2v) is 4.84. The van der Waals surface area contributed by atoms with Gasteiger partial charge in [-0.1, -0.05) is 6.92 Å². The van der Waals surface area contributed by atoms with Crippen molar-refractivity contribution in [1.29, 1.82) is 0 Å². The van der Waals surface area contributed by atoms with Crippen LogP contribution in [0.25, 0.3) is 0 Å². The molecule has 17 heavy (non-hydrogen) atoms. The maximum atomic E-state index is 11.6. The van der Waals surface area contributed by atoms with Gasteiger partial charge in [0.2, 0.25) is 0 Å². The van der Waals surface area contributed by atoms with Gasteiger partial charge in [-0.2, -0.15) is 0 Å². The SMILES string of the molecule is CCN1CCc2c(C(=O)OC(N)=O)csc2C1. The van der Waals surface area contributed by atoms with Crippen molar-refractivity contribution >= 4 is 23.4 Å². The number of primary amides is 1. The third-order valence-electron chi connectivity index (χ3n) is 2.89. The van der Waals surface area contributed by atoms with Crippen LogP contribution in [0.4, 0.5) is 4.79 Å². The summed E-state index contributed by atoms with van der Waals surface area (Å²) in [6.07, 6.45) is -0.239. The summed E-state index contributed by atoms with van der Waals surface area (Å²) in [6, 6.07) is 0. The zero-order valence-corrected chi connectivity index (χ0v) is 10.4. The number of fused-ring (bicyclic) bond motifs is 1. The molecule has 0 saturated heterocycles. The lowest BCUT2D eigenvalue weighted by molar-refractivity contribution is 0.0637. The highest BCUT2D eigenvalue weighted by molar-refractivity contribution is 7.10. The van der Waals surface area contributed by atoms with Crippen LogP contribution < -0.4 is 5.73 Å². The van der Waals surface area contributed by atoms with Crippen LogP contribution in [0, 0.1) is 0 Å². The Balaban J connectivity index is 2.19. The number of carbonyl (C=O) groups excluding carboxylic acids is 2. The van der Waals surface area contributed by atoms with E-state index in [0.29, 0.717) is 5.56 Å². The van der Waals surface area contributed by atoms with Crippen molar-refractivity contribution in [2.45, 2.75) is 19.9 Å². The highest BCUT2D eigenvalue weighted by atomic mass is 32.1. The number of hydrogen-bond donors (Lipinski definition) is 1. The Bertz CT molecular complexity index is 456. The number of nitrogens with zero attached hydrogens (tertiary/aromatic N) is 1. The number of esters is 1. The molecule has 0 bridgehead atoms. The van der Waals surface area contributed by atoms with Crippen LogP contribution in [0.2, 0.25) is 0 Å². The fraction of sp³-hybridized carbons (Fsp3) is 0.455. The molecule has 1 aromatic rings. The van der Waals surface area contributed by atoms with E-state index in [9.17, 15) is 9.59 Å². The van der Waals surface area contributed by atoms with Gasteiger partial charge in [0.15, 0.2) is 0 Å². The number of carbonyl (C=O) groups is 2. The van der Waals surface area contributed by atoms with Crippen LogP contribution in [0.3, 0.4) is 0 Å². The van der Waals surface area contributed by atoms with Gasteiger partial charge in [0, 0.05) is 23.3 Å². The summed E-state index contributed by atoms with van der Waals surface area (Å²) in [5.41, 5.74) is 6.32. The first kappa shape index (κ1) is 12.1. The lowest BCUT2D eigenvalue weighted by Gasteiger charge is -2.25. The Labute approximate surface area is 103 Å². The molecule has 0 radical (unpaired) electrons. The summed E-state index contributed by atoms with van der Waals surface area (Å²) in [6.45, 7) is 4.90. The molecule has 0 spiro atoms. The third kappa shape index (κ3) is 2.48. The quantitative estimate of drug-likeness (QED) is 0.639. The largest absolute Gasteiger partial charge is 0.412 e. The van der Waals surface area contributed by atoms with E-state index in [0.717, 1.165) is 31.6 Å². The van der Waals surface area contributed by atoms with E-state index in [1.807, 2.05) is 0 Å². The molecular formula is C11H14N2O3S. The van der Waals surface area contributed by atoms with Crippen LogP contribution in [-0.2, 0) is 17.7 Å². The number of nitrogens with two attached hydrogens (primary N) is 1. The summed E-state index contributed by atoms with van der Waals surface area (Å²) in [4.78, 5) is 25.6. The van der Waals surface area contributed by atoms with Crippen LogP contribution in [0.15, 0.2) is 5.38 Å². The summed E-state index contributed by atoms with van der Waals surface area (Å²) in [7, 11) is 0. The average Bonchev–Trinajstić information content (AvgIpc) is 2.70. The number of amides is 1. The predicted octanol–water partition coefficient (Wildman–Crippen LogP) is 1.36. The van der Waals surface area contributed by atoms with E-state index in [1.165, 1.54) is 16.2 Å². The molecule has 1 aromatic heterocycles. The van der Waals surface area contributed by atoms with Gasteiger partial charge in [-0.15, -0.1) is 11.3 Å². The topological polar surface area (TPSA) is 72.6 Å². The summed E-state index contributed by atoms with van der Waals surface area (Å²) in [5.74, 6) is -0.639. The second kappa shape index (κ2) is 4.85. The monoisotopic (exact) mass is 254 g/mol. The first-order valence-electron chi connectivity index (χ1n) is 5.45. The van der Waals surface area contributed by atoms with Gasteiger partial charge in [0.1, 0.15) is 0 Å². The normalized spacial score (nSPS) is 15.4. The molecule has 6 heteroatoms. The molecule has 5 nitrogen and oxygen atoms in total. The van der Waals surface area contributed by atoms with E-state index in [2.05, 4.69) is 16.6 Å². The average molecular weight is 254 g/mol. The van der Waals surface area contributed by atoms with Crippen molar-refractivity contribution in [3.8, 4) is 0 Å². The Morgan fingerprint density at radius 1 is 1.59 bits per heavy atom. The van der Waals surface area contributed by atoms with E-state index < -0.39 is 12.1 Å². The first-order valence-corrected chi connectivity index (χ1v) is 6.33.